The predicted octanol–water partition coefficient (Wildman–Crippen LogP) is 3.67. The van der Waals surface area contributed by atoms with E-state index < -0.39 is 0 Å². The lowest BCUT2D eigenvalue weighted by Gasteiger charge is -2.35. The van der Waals surface area contributed by atoms with Crippen LogP contribution in [0, 0.1) is 5.92 Å². The van der Waals surface area contributed by atoms with E-state index in [4.69, 9.17) is 0 Å². The maximum atomic E-state index is 12.8. The maximum Gasteiger partial charge on any atom is 0.226 e. The molecule has 3 heterocycles. The van der Waals surface area contributed by atoms with Gasteiger partial charge in [-0.25, -0.2) is 4.98 Å². The third kappa shape index (κ3) is 5.82. The Bertz CT molecular complexity index is 1100. The Morgan fingerprint density at radius 1 is 1.12 bits per heavy atom. The van der Waals surface area contributed by atoms with E-state index in [1.54, 1.807) is 12.4 Å². The number of rotatable bonds is 11. The first-order valence-electron chi connectivity index (χ1n) is 11.8. The van der Waals surface area contributed by atoms with Gasteiger partial charge in [0, 0.05) is 43.9 Å². The highest BCUT2D eigenvalue weighted by Gasteiger charge is 2.31. The highest BCUT2D eigenvalue weighted by Crippen LogP contribution is 2.25. The van der Waals surface area contributed by atoms with Crippen LogP contribution in [0.4, 0.5) is 0 Å². The Hall–Kier alpha value is -3.13. The molecule has 0 unspecified atom stereocenters. The monoisotopic (exact) mass is 448 g/mol. The largest absolute Gasteiger partial charge is 0.346 e. The second kappa shape index (κ2) is 10.7. The number of amides is 1. The Labute approximate surface area is 194 Å². The lowest BCUT2D eigenvalue weighted by molar-refractivity contribution is -0.130. The molecule has 1 fully saturated rings. The fourth-order valence-electron chi connectivity index (χ4n) is 4.25. The molecule has 0 saturated carbocycles. The van der Waals surface area contributed by atoms with Crippen LogP contribution in [0.5, 0.6) is 0 Å². The number of imidazole rings is 1. The van der Waals surface area contributed by atoms with Crippen molar-refractivity contribution in [2.45, 2.75) is 51.5 Å². The number of nitrogens with zero attached hydrogens (tertiary/aromatic N) is 4. The first kappa shape index (κ1) is 23.0. The topological polar surface area (TPSA) is 104 Å². The van der Waals surface area contributed by atoms with Gasteiger partial charge in [-0.15, -0.1) is 0 Å². The first-order valence-corrected chi connectivity index (χ1v) is 11.8. The maximum absolute atomic E-state index is 12.8. The van der Waals surface area contributed by atoms with Gasteiger partial charge in [0.1, 0.15) is 11.6 Å². The van der Waals surface area contributed by atoms with Gasteiger partial charge in [-0.3, -0.25) is 19.6 Å². The van der Waals surface area contributed by atoms with E-state index in [-0.39, 0.29) is 17.9 Å². The summed E-state index contributed by atoms with van der Waals surface area (Å²) in [4.78, 5) is 43.2. The number of fused-ring (bicyclic) bond motifs is 1. The van der Waals surface area contributed by atoms with Gasteiger partial charge >= 0.3 is 0 Å². The van der Waals surface area contributed by atoms with Gasteiger partial charge in [0.2, 0.25) is 5.91 Å². The van der Waals surface area contributed by atoms with E-state index in [1.807, 2.05) is 38.4 Å². The van der Waals surface area contributed by atoms with Crippen molar-refractivity contribution < 1.29 is 9.59 Å². The smallest absolute Gasteiger partial charge is 0.226 e. The number of H-pyrrole nitrogens is 1. The molecule has 1 amide bonds. The summed E-state index contributed by atoms with van der Waals surface area (Å²) in [5, 5.41) is 3.21. The van der Waals surface area contributed by atoms with Crippen LogP contribution in [0.2, 0.25) is 0 Å². The number of aromatic amines is 1. The summed E-state index contributed by atoms with van der Waals surface area (Å²) < 4.78 is 0. The number of Topliss-reactive ketones (excluding diaryl/α,β-unsaturated/α-hetero) is 1. The molecule has 1 aromatic carbocycles. The van der Waals surface area contributed by atoms with Crippen molar-refractivity contribution in [2.24, 2.45) is 5.92 Å². The van der Waals surface area contributed by atoms with Gasteiger partial charge in [0.25, 0.3) is 0 Å². The fourth-order valence-corrected chi connectivity index (χ4v) is 4.25. The molecule has 2 N–H and O–H groups in total. The van der Waals surface area contributed by atoms with Crippen LogP contribution >= 0.6 is 0 Å². The number of aromatic nitrogens is 4. The fraction of sp³-hybridized carbons (Fsp3) is 0.480. The number of carbonyl (C=O) groups excluding carboxylic acids is 2. The summed E-state index contributed by atoms with van der Waals surface area (Å²) in [6.45, 7) is 3.49. The quantitative estimate of drug-likeness (QED) is 0.434. The van der Waals surface area contributed by atoms with E-state index in [2.05, 4.69) is 30.2 Å². The molecular formula is C25H32N6O2. The molecular weight excluding hydrogens is 416 g/mol. The van der Waals surface area contributed by atoms with Crippen LogP contribution in [0.15, 0.2) is 36.8 Å². The summed E-state index contributed by atoms with van der Waals surface area (Å²) >= 11 is 0. The van der Waals surface area contributed by atoms with Crippen LogP contribution in [0.25, 0.3) is 22.3 Å². The van der Waals surface area contributed by atoms with Crippen molar-refractivity contribution in [3.8, 4) is 11.3 Å². The average molecular weight is 449 g/mol. The average Bonchev–Trinajstić information content (AvgIpc) is 3.30. The zero-order valence-corrected chi connectivity index (χ0v) is 19.4. The van der Waals surface area contributed by atoms with Crippen LogP contribution in [-0.2, 0) is 9.59 Å². The van der Waals surface area contributed by atoms with E-state index in [0.29, 0.717) is 18.6 Å². The molecule has 8 heteroatoms. The van der Waals surface area contributed by atoms with Gasteiger partial charge < -0.3 is 15.2 Å². The molecule has 1 aliphatic rings. The number of likely N-dealkylation sites (tertiary alicyclic amines) is 1. The normalized spacial score (nSPS) is 15.3. The Morgan fingerprint density at radius 3 is 2.67 bits per heavy atom. The van der Waals surface area contributed by atoms with E-state index in [0.717, 1.165) is 66.9 Å². The Morgan fingerprint density at radius 2 is 1.91 bits per heavy atom. The zero-order valence-electron chi connectivity index (χ0n) is 19.4. The van der Waals surface area contributed by atoms with E-state index >= 15 is 0 Å². The van der Waals surface area contributed by atoms with Crippen LogP contribution in [-0.4, -0.2) is 56.7 Å². The third-order valence-electron chi connectivity index (χ3n) is 6.30. The van der Waals surface area contributed by atoms with Crippen LogP contribution in [0.3, 0.4) is 0 Å². The van der Waals surface area contributed by atoms with Crippen molar-refractivity contribution in [3.05, 3.63) is 42.6 Å². The van der Waals surface area contributed by atoms with Gasteiger partial charge in [0.05, 0.1) is 34.9 Å². The Balaban J connectivity index is 1.45. The summed E-state index contributed by atoms with van der Waals surface area (Å²) in [6, 6.07) is 5.75. The second-order valence-electron chi connectivity index (χ2n) is 8.91. The predicted molar refractivity (Wildman–Crippen MR) is 127 cm³/mol. The lowest BCUT2D eigenvalue weighted by atomic mass is 9.98. The standard InChI is InChI=1S/C25H32N6O2/c1-3-19(32)7-5-4-6-8-21(30-25(33)18-15-31(2)16-18)24-28-14-23(29-24)17-9-10-20-22(13-17)27-12-11-26-20/h9-14,18,21H,3-8,15-16H2,1-2H3,(H,28,29)(H,30,33)/t21-/m0/s1. The number of hydrogen-bond donors (Lipinski definition) is 2. The molecule has 3 aromatic rings. The number of benzene rings is 1. The molecule has 0 radical (unpaired) electrons. The summed E-state index contributed by atoms with van der Waals surface area (Å²) in [5.41, 5.74) is 3.53. The lowest BCUT2D eigenvalue weighted by Crippen LogP contribution is -2.52. The second-order valence-corrected chi connectivity index (χ2v) is 8.91. The minimum atomic E-state index is -0.181. The minimum Gasteiger partial charge on any atom is -0.346 e. The van der Waals surface area contributed by atoms with Crippen molar-refractivity contribution in [1.29, 1.82) is 0 Å². The number of ketones is 1. The summed E-state index contributed by atoms with van der Waals surface area (Å²) in [7, 11) is 2.02. The van der Waals surface area contributed by atoms with Gasteiger partial charge in [0.15, 0.2) is 0 Å². The van der Waals surface area contributed by atoms with E-state index in [9.17, 15) is 9.59 Å². The minimum absolute atomic E-state index is 0.0353. The SMILES string of the molecule is CCC(=O)CCCCC[C@H](NC(=O)C1CN(C)C1)c1ncc(-c2ccc3nccnc3c2)[nH]1. The number of hydrogen-bond acceptors (Lipinski definition) is 6. The van der Waals surface area contributed by atoms with Gasteiger partial charge in [-0.2, -0.15) is 0 Å². The Kier molecular flexibility index (Phi) is 7.44. The van der Waals surface area contributed by atoms with Gasteiger partial charge in [-0.1, -0.05) is 25.8 Å². The zero-order chi connectivity index (χ0) is 23.2. The molecule has 0 aliphatic carbocycles. The molecule has 0 bridgehead atoms. The molecule has 8 nitrogen and oxygen atoms in total. The highest BCUT2D eigenvalue weighted by atomic mass is 16.2. The van der Waals surface area contributed by atoms with Crippen LogP contribution < -0.4 is 5.32 Å². The first-order chi connectivity index (χ1) is 16.0. The molecule has 0 spiro atoms. The van der Waals surface area contributed by atoms with Gasteiger partial charge in [-0.05, 0) is 32.0 Å². The molecule has 1 atom stereocenters. The number of nitrogens with one attached hydrogen (secondary N) is 2. The van der Waals surface area contributed by atoms with Crippen LogP contribution in [0.1, 0.15) is 57.3 Å². The molecule has 33 heavy (non-hydrogen) atoms. The van der Waals surface area contributed by atoms with Crippen molar-refractivity contribution >= 4 is 22.7 Å². The number of carbonyl (C=O) groups is 2. The molecule has 4 rings (SSSR count). The number of unbranched alkanes of at least 4 members (excludes halogenated alkanes) is 2. The molecule has 2 aromatic heterocycles. The molecule has 174 valence electrons. The third-order valence-corrected chi connectivity index (χ3v) is 6.30. The van der Waals surface area contributed by atoms with Crippen molar-refractivity contribution in [3.63, 3.8) is 0 Å². The highest BCUT2D eigenvalue weighted by molar-refractivity contribution is 5.81. The van der Waals surface area contributed by atoms with E-state index in [1.165, 1.54) is 0 Å². The van der Waals surface area contributed by atoms with Crippen molar-refractivity contribution in [2.75, 3.05) is 20.1 Å². The summed E-state index contributed by atoms with van der Waals surface area (Å²) in [6.07, 6.45) is 9.97. The summed E-state index contributed by atoms with van der Waals surface area (Å²) in [5.74, 6) is 1.19. The molecule has 1 saturated heterocycles. The van der Waals surface area contributed by atoms with Crippen molar-refractivity contribution in [1.82, 2.24) is 30.2 Å². The molecule has 1 aliphatic heterocycles.